The van der Waals surface area contributed by atoms with Gasteiger partial charge in [-0.25, -0.2) is 4.79 Å². The van der Waals surface area contributed by atoms with Crippen molar-refractivity contribution in [2.24, 2.45) is 0 Å². The molecule has 0 spiro atoms. The smallest absolute Gasteiger partial charge is 0.410 e. The number of aryl methyl sites for hydroxylation is 2. The van der Waals surface area contributed by atoms with Crippen LogP contribution in [0.5, 0.6) is 0 Å². The van der Waals surface area contributed by atoms with Gasteiger partial charge in [0.2, 0.25) is 5.89 Å². The van der Waals surface area contributed by atoms with Crippen LogP contribution in [0, 0.1) is 0 Å². The third-order valence-electron chi connectivity index (χ3n) is 6.77. The van der Waals surface area contributed by atoms with E-state index in [4.69, 9.17) is 14.2 Å². The highest BCUT2D eigenvalue weighted by molar-refractivity contribution is 5.68. The number of rotatable bonds is 7. The molecule has 5 rings (SSSR count). The summed E-state index contributed by atoms with van der Waals surface area (Å²) in [5, 5.41) is 4.43. The number of likely N-dealkylation sites (tertiary alicyclic amines) is 1. The van der Waals surface area contributed by atoms with E-state index in [0.29, 0.717) is 44.1 Å². The first-order valence-electron chi connectivity index (χ1n) is 12.1. The predicted octanol–water partition coefficient (Wildman–Crippen LogP) is 5.57. The van der Waals surface area contributed by atoms with Crippen LogP contribution in [0.2, 0.25) is 0 Å². The molecule has 6 heteroatoms. The Morgan fingerprint density at radius 1 is 0.829 bits per heavy atom. The van der Waals surface area contributed by atoms with Gasteiger partial charge >= 0.3 is 6.09 Å². The molecule has 0 N–H and O–H groups in total. The lowest BCUT2D eigenvalue weighted by Gasteiger charge is -2.39. The van der Waals surface area contributed by atoms with Gasteiger partial charge in [0.05, 0.1) is 5.41 Å². The number of benzene rings is 3. The topological polar surface area (TPSA) is 68.5 Å². The second-order valence-electron chi connectivity index (χ2n) is 8.97. The van der Waals surface area contributed by atoms with Gasteiger partial charge in [0.1, 0.15) is 6.61 Å². The van der Waals surface area contributed by atoms with E-state index in [-0.39, 0.29) is 12.7 Å². The zero-order valence-corrected chi connectivity index (χ0v) is 19.7. The van der Waals surface area contributed by atoms with Gasteiger partial charge in [-0.05, 0) is 36.0 Å². The van der Waals surface area contributed by atoms with Crippen molar-refractivity contribution in [2.45, 2.75) is 37.7 Å². The summed E-state index contributed by atoms with van der Waals surface area (Å²) in [6.45, 7) is 1.41. The third kappa shape index (κ3) is 5.27. The van der Waals surface area contributed by atoms with Gasteiger partial charge in [-0.1, -0.05) is 96.2 Å². The van der Waals surface area contributed by atoms with Crippen LogP contribution >= 0.6 is 0 Å². The van der Waals surface area contributed by atoms with Crippen molar-refractivity contribution in [3.05, 3.63) is 119 Å². The van der Waals surface area contributed by atoms with Gasteiger partial charge in [0.15, 0.2) is 5.82 Å². The number of amides is 1. The van der Waals surface area contributed by atoms with Crippen LogP contribution in [0.15, 0.2) is 95.5 Å². The van der Waals surface area contributed by atoms with Gasteiger partial charge in [-0.3, -0.25) is 0 Å². The monoisotopic (exact) mass is 467 g/mol. The summed E-state index contributed by atoms with van der Waals surface area (Å²) in [7, 11) is 0. The Morgan fingerprint density at radius 3 is 2.09 bits per heavy atom. The van der Waals surface area contributed by atoms with Crippen molar-refractivity contribution in [3.63, 3.8) is 0 Å². The summed E-state index contributed by atoms with van der Waals surface area (Å²) in [4.78, 5) is 19.3. The SMILES string of the molecule is O=C(OCc1ccccc1)N1CCC(c2ccccc2)(c2noc(CCc3ccccc3)n2)CC1. The lowest BCUT2D eigenvalue weighted by Crippen LogP contribution is -2.46. The Hall–Kier alpha value is -3.93. The second kappa shape index (κ2) is 10.6. The average Bonchev–Trinajstić information content (AvgIpc) is 3.42. The van der Waals surface area contributed by atoms with Crippen molar-refractivity contribution >= 4 is 6.09 Å². The maximum absolute atomic E-state index is 12.7. The Bertz CT molecular complexity index is 1220. The largest absolute Gasteiger partial charge is 0.445 e. The van der Waals surface area contributed by atoms with E-state index < -0.39 is 5.41 Å². The number of hydrogen-bond acceptors (Lipinski definition) is 5. The highest BCUT2D eigenvalue weighted by atomic mass is 16.6. The van der Waals surface area contributed by atoms with Crippen LogP contribution in [0.25, 0.3) is 0 Å². The van der Waals surface area contributed by atoms with E-state index in [1.165, 1.54) is 5.56 Å². The van der Waals surface area contributed by atoms with E-state index in [9.17, 15) is 4.79 Å². The maximum atomic E-state index is 12.7. The number of ether oxygens (including phenoxy) is 1. The lowest BCUT2D eigenvalue weighted by atomic mass is 9.72. The Labute approximate surface area is 205 Å². The van der Waals surface area contributed by atoms with Crippen molar-refractivity contribution in [2.75, 3.05) is 13.1 Å². The predicted molar refractivity (Wildman–Crippen MR) is 133 cm³/mol. The molecule has 178 valence electrons. The molecule has 1 aliphatic heterocycles. The van der Waals surface area contributed by atoms with Crippen LogP contribution in [0.3, 0.4) is 0 Å². The van der Waals surface area contributed by atoms with Crippen LogP contribution in [0.4, 0.5) is 4.79 Å². The van der Waals surface area contributed by atoms with E-state index in [0.717, 1.165) is 17.5 Å². The first-order chi connectivity index (χ1) is 17.2. The zero-order valence-electron chi connectivity index (χ0n) is 19.7. The standard InChI is InChI=1S/C29H29N3O3/c33-28(34-22-24-12-6-2-7-13-24)32-20-18-29(19-21-32,25-14-8-3-9-15-25)27-30-26(35-31-27)17-16-23-10-4-1-5-11-23/h1-15H,16-22H2. The first-order valence-corrected chi connectivity index (χ1v) is 12.1. The number of carbonyl (C=O) groups is 1. The Balaban J connectivity index is 1.28. The molecule has 1 fully saturated rings. The highest BCUT2D eigenvalue weighted by Crippen LogP contribution is 2.40. The molecule has 1 amide bonds. The summed E-state index contributed by atoms with van der Waals surface area (Å²) < 4.78 is 11.2. The molecule has 35 heavy (non-hydrogen) atoms. The van der Waals surface area contributed by atoms with E-state index in [2.05, 4.69) is 29.4 Å². The molecule has 0 saturated carbocycles. The summed E-state index contributed by atoms with van der Waals surface area (Å²) >= 11 is 0. The molecule has 2 heterocycles. The number of piperidine rings is 1. The molecule has 1 saturated heterocycles. The normalized spacial score (nSPS) is 15.0. The number of hydrogen-bond donors (Lipinski definition) is 0. The van der Waals surface area contributed by atoms with Gasteiger partial charge in [-0.2, -0.15) is 4.98 Å². The minimum atomic E-state index is -0.397. The molecule has 0 radical (unpaired) electrons. The summed E-state index contributed by atoms with van der Waals surface area (Å²) in [6, 6.07) is 30.4. The van der Waals surface area contributed by atoms with Crippen molar-refractivity contribution in [1.29, 1.82) is 0 Å². The zero-order chi connectivity index (χ0) is 23.9. The molecule has 1 aliphatic rings. The van der Waals surface area contributed by atoms with Gasteiger partial charge in [0, 0.05) is 19.5 Å². The fraction of sp³-hybridized carbons (Fsp3) is 0.276. The maximum Gasteiger partial charge on any atom is 0.410 e. The molecule has 1 aromatic heterocycles. The van der Waals surface area contributed by atoms with E-state index >= 15 is 0 Å². The number of nitrogens with zero attached hydrogens (tertiary/aromatic N) is 3. The molecule has 0 aliphatic carbocycles. The Kier molecular flexibility index (Phi) is 6.89. The molecular weight excluding hydrogens is 438 g/mol. The summed E-state index contributed by atoms with van der Waals surface area (Å²) in [5.41, 5.74) is 2.97. The van der Waals surface area contributed by atoms with Crippen molar-refractivity contribution in [1.82, 2.24) is 15.0 Å². The van der Waals surface area contributed by atoms with Crippen LogP contribution < -0.4 is 0 Å². The number of aromatic nitrogens is 2. The average molecular weight is 468 g/mol. The minimum absolute atomic E-state index is 0.273. The van der Waals surface area contributed by atoms with Crippen molar-refractivity contribution in [3.8, 4) is 0 Å². The Morgan fingerprint density at radius 2 is 1.43 bits per heavy atom. The first kappa shape index (κ1) is 22.8. The fourth-order valence-corrected chi connectivity index (χ4v) is 4.73. The molecule has 4 aromatic rings. The van der Waals surface area contributed by atoms with Crippen LogP contribution in [0.1, 0.15) is 41.2 Å². The van der Waals surface area contributed by atoms with Crippen LogP contribution in [-0.2, 0) is 29.6 Å². The van der Waals surface area contributed by atoms with Crippen LogP contribution in [-0.4, -0.2) is 34.2 Å². The molecule has 6 nitrogen and oxygen atoms in total. The molecule has 0 bridgehead atoms. The molecular formula is C29H29N3O3. The quantitative estimate of drug-likeness (QED) is 0.355. The van der Waals surface area contributed by atoms with Gasteiger partial charge in [-0.15, -0.1) is 0 Å². The lowest BCUT2D eigenvalue weighted by molar-refractivity contribution is 0.0803. The third-order valence-corrected chi connectivity index (χ3v) is 6.77. The highest BCUT2D eigenvalue weighted by Gasteiger charge is 2.43. The van der Waals surface area contributed by atoms with E-state index in [1.54, 1.807) is 4.90 Å². The molecule has 0 unspecified atom stereocenters. The summed E-state index contributed by atoms with van der Waals surface area (Å²) in [5.74, 6) is 1.34. The minimum Gasteiger partial charge on any atom is -0.445 e. The fourth-order valence-electron chi connectivity index (χ4n) is 4.73. The molecule has 0 atom stereocenters. The van der Waals surface area contributed by atoms with Gasteiger partial charge in [0.25, 0.3) is 0 Å². The molecule has 3 aromatic carbocycles. The van der Waals surface area contributed by atoms with E-state index in [1.807, 2.05) is 66.7 Å². The van der Waals surface area contributed by atoms with Crippen molar-refractivity contribution < 1.29 is 14.1 Å². The van der Waals surface area contributed by atoms with Gasteiger partial charge < -0.3 is 14.2 Å². The number of carbonyl (C=O) groups excluding carboxylic acids is 1. The summed E-state index contributed by atoms with van der Waals surface area (Å²) in [6.07, 6.45) is 2.67. The second-order valence-corrected chi connectivity index (χ2v) is 8.97.